The maximum atomic E-state index is 12.1. The molecular weight excluding hydrogens is 303 g/mol. The van der Waals surface area contributed by atoms with E-state index in [4.69, 9.17) is 16.3 Å². The second kappa shape index (κ2) is 8.49. The molecule has 0 saturated carbocycles. The molecule has 1 N–H and O–H groups in total. The summed E-state index contributed by atoms with van der Waals surface area (Å²) in [6, 6.07) is 5.14. The van der Waals surface area contributed by atoms with Crippen molar-refractivity contribution in [1.82, 2.24) is 5.32 Å². The van der Waals surface area contributed by atoms with Crippen LogP contribution in [-0.4, -0.2) is 19.3 Å². The maximum Gasteiger partial charge on any atom is 0.389 e. The van der Waals surface area contributed by atoms with Gasteiger partial charge in [-0.15, -0.1) is 0 Å². The van der Waals surface area contributed by atoms with E-state index in [1.54, 1.807) is 18.2 Å². The molecule has 120 valence electrons. The lowest BCUT2D eigenvalue weighted by atomic mass is 10.1. The van der Waals surface area contributed by atoms with E-state index < -0.39 is 12.6 Å². The predicted octanol–water partition coefficient (Wildman–Crippen LogP) is 4.81. The van der Waals surface area contributed by atoms with Gasteiger partial charge in [0.1, 0.15) is 5.75 Å². The summed E-state index contributed by atoms with van der Waals surface area (Å²) in [5, 5.41) is 3.85. The van der Waals surface area contributed by atoms with Crippen LogP contribution in [0.1, 0.15) is 32.3 Å². The highest BCUT2D eigenvalue weighted by Crippen LogP contribution is 2.25. The van der Waals surface area contributed by atoms with Crippen LogP contribution in [0.15, 0.2) is 18.2 Å². The monoisotopic (exact) mass is 323 g/mol. The summed E-state index contributed by atoms with van der Waals surface area (Å²) in [6.07, 6.45) is -5.02. The summed E-state index contributed by atoms with van der Waals surface area (Å²) in [5.41, 5.74) is 0.857. The third-order valence-corrected chi connectivity index (χ3v) is 2.99. The zero-order valence-electron chi connectivity index (χ0n) is 12.3. The molecule has 0 saturated heterocycles. The van der Waals surface area contributed by atoms with Gasteiger partial charge in [0.2, 0.25) is 0 Å². The first-order valence-electron chi connectivity index (χ1n) is 6.96. The first-order valence-corrected chi connectivity index (χ1v) is 7.34. The zero-order chi connectivity index (χ0) is 15.9. The van der Waals surface area contributed by atoms with Crippen molar-refractivity contribution in [2.45, 2.75) is 39.4 Å². The van der Waals surface area contributed by atoms with E-state index in [0.717, 1.165) is 12.1 Å². The average Bonchev–Trinajstić information content (AvgIpc) is 2.35. The predicted molar refractivity (Wildman–Crippen MR) is 78.8 cm³/mol. The Morgan fingerprint density at radius 2 is 2.00 bits per heavy atom. The Hall–Kier alpha value is -0.940. The molecular formula is C15H21ClF3NO. The van der Waals surface area contributed by atoms with Crippen LogP contribution >= 0.6 is 11.6 Å². The highest BCUT2D eigenvalue weighted by atomic mass is 35.5. The summed E-state index contributed by atoms with van der Waals surface area (Å²) in [5.74, 6) is 1.10. The van der Waals surface area contributed by atoms with E-state index in [9.17, 15) is 13.2 Å². The maximum absolute atomic E-state index is 12.1. The topological polar surface area (TPSA) is 21.3 Å². The van der Waals surface area contributed by atoms with Gasteiger partial charge in [-0.25, -0.2) is 0 Å². The smallest absolute Gasteiger partial charge is 0.389 e. The fraction of sp³-hybridized carbons (Fsp3) is 0.600. The second-order valence-corrected chi connectivity index (χ2v) is 5.78. The number of alkyl halides is 3. The molecule has 0 amide bonds. The van der Waals surface area contributed by atoms with Crippen LogP contribution in [0.2, 0.25) is 5.02 Å². The van der Waals surface area contributed by atoms with Crippen molar-refractivity contribution in [1.29, 1.82) is 0 Å². The van der Waals surface area contributed by atoms with Crippen LogP contribution in [0.3, 0.4) is 0 Å². The van der Waals surface area contributed by atoms with Gasteiger partial charge >= 0.3 is 6.18 Å². The first kappa shape index (κ1) is 18.1. The average molecular weight is 324 g/mol. The van der Waals surface area contributed by atoms with Crippen LogP contribution in [0.25, 0.3) is 0 Å². The lowest BCUT2D eigenvalue weighted by Crippen LogP contribution is -2.19. The minimum atomic E-state index is -4.13. The Bertz CT molecular complexity index is 435. The quantitative estimate of drug-likeness (QED) is 0.693. The van der Waals surface area contributed by atoms with Crippen LogP contribution in [0.4, 0.5) is 13.2 Å². The number of rotatable bonds is 8. The number of ether oxygens (including phenoxy) is 1. The summed E-state index contributed by atoms with van der Waals surface area (Å²) >= 11 is 5.95. The molecule has 0 aliphatic carbocycles. The molecule has 1 aromatic carbocycles. The number of hydrogen-bond acceptors (Lipinski definition) is 2. The van der Waals surface area contributed by atoms with Crippen LogP contribution < -0.4 is 10.1 Å². The molecule has 0 aromatic heterocycles. The number of halogens is 4. The number of hydrogen-bond donors (Lipinski definition) is 1. The van der Waals surface area contributed by atoms with Crippen LogP contribution in [0.5, 0.6) is 5.75 Å². The van der Waals surface area contributed by atoms with Crippen molar-refractivity contribution in [3.05, 3.63) is 28.8 Å². The molecule has 1 rings (SSSR count). The van der Waals surface area contributed by atoms with Crippen LogP contribution in [0, 0.1) is 5.92 Å². The van der Waals surface area contributed by atoms with Gasteiger partial charge in [-0.3, -0.25) is 0 Å². The molecule has 0 radical (unpaired) electrons. The van der Waals surface area contributed by atoms with E-state index in [1.807, 2.05) is 0 Å². The molecule has 6 heteroatoms. The van der Waals surface area contributed by atoms with Gasteiger partial charge < -0.3 is 10.1 Å². The summed E-state index contributed by atoms with van der Waals surface area (Å²) in [6.45, 7) is 5.66. The molecule has 0 aliphatic heterocycles. The molecule has 21 heavy (non-hydrogen) atoms. The minimum Gasteiger partial charge on any atom is -0.493 e. The summed E-state index contributed by atoms with van der Waals surface area (Å²) in [7, 11) is 0. The molecule has 2 nitrogen and oxygen atoms in total. The van der Waals surface area contributed by atoms with Crippen molar-refractivity contribution in [2.24, 2.45) is 5.92 Å². The first-order chi connectivity index (χ1) is 9.78. The van der Waals surface area contributed by atoms with Gasteiger partial charge in [-0.1, -0.05) is 25.4 Å². The lowest BCUT2D eigenvalue weighted by Gasteiger charge is -2.14. The van der Waals surface area contributed by atoms with Gasteiger partial charge in [-0.05, 0) is 37.1 Å². The lowest BCUT2D eigenvalue weighted by molar-refractivity contribution is -0.136. The number of benzene rings is 1. The molecule has 0 atom stereocenters. The van der Waals surface area contributed by atoms with E-state index >= 15 is 0 Å². The Morgan fingerprint density at radius 3 is 2.62 bits per heavy atom. The van der Waals surface area contributed by atoms with Crippen molar-refractivity contribution in [3.63, 3.8) is 0 Å². The standard InChI is InChI=1S/C15H21ClF3NO/c1-11(2)9-20-10-12-8-13(16)4-5-14(12)21-7-3-6-15(17,18)19/h4-5,8,11,20H,3,6-7,9-10H2,1-2H3. The van der Waals surface area contributed by atoms with Crippen molar-refractivity contribution in [3.8, 4) is 5.75 Å². The largest absolute Gasteiger partial charge is 0.493 e. The third kappa shape index (κ3) is 8.17. The summed E-state index contributed by atoms with van der Waals surface area (Å²) < 4.78 is 41.7. The van der Waals surface area contributed by atoms with E-state index in [-0.39, 0.29) is 13.0 Å². The fourth-order valence-corrected chi connectivity index (χ4v) is 1.97. The molecule has 0 unspecified atom stereocenters. The van der Waals surface area contributed by atoms with Gasteiger partial charge in [-0.2, -0.15) is 13.2 Å². The fourth-order valence-electron chi connectivity index (χ4n) is 1.78. The van der Waals surface area contributed by atoms with Crippen molar-refractivity contribution in [2.75, 3.05) is 13.2 Å². The van der Waals surface area contributed by atoms with Crippen LogP contribution in [-0.2, 0) is 6.54 Å². The second-order valence-electron chi connectivity index (χ2n) is 5.34. The molecule has 0 heterocycles. The third-order valence-electron chi connectivity index (χ3n) is 2.75. The van der Waals surface area contributed by atoms with Crippen molar-refractivity contribution >= 4 is 11.6 Å². The highest BCUT2D eigenvalue weighted by molar-refractivity contribution is 6.30. The van der Waals surface area contributed by atoms with E-state index in [1.165, 1.54) is 0 Å². The van der Waals surface area contributed by atoms with E-state index in [0.29, 0.717) is 23.2 Å². The highest BCUT2D eigenvalue weighted by Gasteiger charge is 2.26. The molecule has 1 aromatic rings. The zero-order valence-corrected chi connectivity index (χ0v) is 13.0. The van der Waals surface area contributed by atoms with Gasteiger partial charge in [0.25, 0.3) is 0 Å². The molecule has 0 spiro atoms. The van der Waals surface area contributed by atoms with Gasteiger partial charge in [0.05, 0.1) is 6.61 Å². The summed E-state index contributed by atoms with van der Waals surface area (Å²) in [4.78, 5) is 0. The molecule has 0 bridgehead atoms. The minimum absolute atomic E-state index is 0.0400. The Morgan fingerprint density at radius 1 is 1.29 bits per heavy atom. The Kier molecular flexibility index (Phi) is 7.32. The normalized spacial score (nSPS) is 12.0. The van der Waals surface area contributed by atoms with Gasteiger partial charge in [0, 0.05) is 23.6 Å². The van der Waals surface area contributed by atoms with Crippen molar-refractivity contribution < 1.29 is 17.9 Å². The molecule has 0 aliphatic rings. The number of nitrogens with one attached hydrogen (secondary N) is 1. The molecule has 0 fully saturated rings. The Labute approximate surface area is 128 Å². The van der Waals surface area contributed by atoms with Gasteiger partial charge in [0.15, 0.2) is 0 Å². The SMILES string of the molecule is CC(C)CNCc1cc(Cl)ccc1OCCCC(F)(F)F. The Balaban J connectivity index is 2.52. The van der Waals surface area contributed by atoms with E-state index in [2.05, 4.69) is 19.2 Å².